The first-order chi connectivity index (χ1) is 12.0. The van der Waals surface area contributed by atoms with Gasteiger partial charge in [0.05, 0.1) is 13.7 Å². The lowest BCUT2D eigenvalue weighted by atomic mass is 9.93. The van der Waals surface area contributed by atoms with E-state index in [2.05, 4.69) is 5.32 Å². The van der Waals surface area contributed by atoms with Crippen molar-refractivity contribution in [2.24, 2.45) is 0 Å². The number of ether oxygens (including phenoxy) is 1. The van der Waals surface area contributed by atoms with Crippen LogP contribution < -0.4 is 10.1 Å². The summed E-state index contributed by atoms with van der Waals surface area (Å²) in [4.78, 5) is 26.4. The van der Waals surface area contributed by atoms with Crippen LogP contribution in [0, 0.1) is 0 Å². The summed E-state index contributed by atoms with van der Waals surface area (Å²) in [6, 6.07) is 17.0. The minimum atomic E-state index is -0.869. The highest BCUT2D eigenvalue weighted by Gasteiger charge is 2.47. The second kappa shape index (κ2) is 6.97. The summed E-state index contributed by atoms with van der Waals surface area (Å²) < 4.78 is 5.20. The zero-order chi connectivity index (χ0) is 17.9. The molecule has 1 unspecified atom stereocenters. The van der Waals surface area contributed by atoms with Gasteiger partial charge in [-0.1, -0.05) is 42.5 Å². The number of carbonyl (C=O) groups is 2. The van der Waals surface area contributed by atoms with Crippen LogP contribution in [0.15, 0.2) is 54.6 Å². The molecule has 1 N–H and O–H groups in total. The molecule has 25 heavy (non-hydrogen) atoms. The molecular formula is C20H22N2O3. The monoisotopic (exact) mass is 338 g/mol. The molecule has 0 aliphatic carbocycles. The molecule has 2 aromatic carbocycles. The third-order valence-corrected chi connectivity index (χ3v) is 4.58. The molecule has 3 rings (SSSR count). The molecule has 1 atom stereocenters. The Kier molecular flexibility index (Phi) is 4.74. The predicted molar refractivity (Wildman–Crippen MR) is 95.2 cm³/mol. The summed E-state index contributed by atoms with van der Waals surface area (Å²) in [5.74, 6) is 0.521. The van der Waals surface area contributed by atoms with Crippen molar-refractivity contribution in [2.75, 3.05) is 7.11 Å². The molecule has 1 heterocycles. The Labute approximate surface area is 147 Å². The van der Waals surface area contributed by atoms with E-state index in [1.807, 2.05) is 54.6 Å². The molecule has 0 bridgehead atoms. The maximum Gasteiger partial charge on any atom is 0.325 e. The fraction of sp³-hybridized carbons (Fsp3) is 0.300. The zero-order valence-electron chi connectivity index (χ0n) is 14.5. The molecule has 2 aromatic rings. The van der Waals surface area contributed by atoms with Gasteiger partial charge >= 0.3 is 6.03 Å². The summed E-state index contributed by atoms with van der Waals surface area (Å²) in [7, 11) is 1.59. The maximum absolute atomic E-state index is 12.8. The molecule has 3 amide bonds. The van der Waals surface area contributed by atoms with Gasteiger partial charge in [-0.3, -0.25) is 9.69 Å². The van der Waals surface area contributed by atoms with Crippen LogP contribution >= 0.6 is 0 Å². The number of hydrogen-bond acceptors (Lipinski definition) is 3. The van der Waals surface area contributed by atoms with Crippen molar-refractivity contribution in [3.05, 3.63) is 65.7 Å². The molecule has 1 aliphatic rings. The highest BCUT2D eigenvalue weighted by molar-refractivity contribution is 6.06. The van der Waals surface area contributed by atoms with Gasteiger partial charge in [-0.25, -0.2) is 4.79 Å². The lowest BCUT2D eigenvalue weighted by Gasteiger charge is -2.21. The van der Waals surface area contributed by atoms with Crippen molar-refractivity contribution in [1.82, 2.24) is 10.2 Å². The number of hydrogen-bond donors (Lipinski definition) is 1. The summed E-state index contributed by atoms with van der Waals surface area (Å²) in [6.07, 6.45) is 1.30. The van der Waals surface area contributed by atoms with Crippen LogP contribution in [0.25, 0.3) is 0 Å². The highest BCUT2D eigenvalue weighted by atomic mass is 16.5. The molecule has 1 saturated heterocycles. The van der Waals surface area contributed by atoms with Crippen molar-refractivity contribution < 1.29 is 14.3 Å². The minimum Gasteiger partial charge on any atom is -0.497 e. The third kappa shape index (κ3) is 3.65. The Morgan fingerprint density at radius 3 is 2.48 bits per heavy atom. The van der Waals surface area contributed by atoms with Crippen LogP contribution in [0.1, 0.15) is 24.5 Å². The van der Waals surface area contributed by atoms with Gasteiger partial charge in [0.15, 0.2) is 0 Å². The summed E-state index contributed by atoms with van der Waals surface area (Å²) in [6.45, 7) is 2.03. The van der Waals surface area contributed by atoms with Gasteiger partial charge in [-0.15, -0.1) is 0 Å². The first-order valence-corrected chi connectivity index (χ1v) is 8.33. The second-order valence-corrected chi connectivity index (χ2v) is 6.49. The second-order valence-electron chi connectivity index (χ2n) is 6.49. The van der Waals surface area contributed by atoms with Crippen molar-refractivity contribution >= 4 is 11.9 Å². The number of rotatable bonds is 6. The average Bonchev–Trinajstić information content (AvgIpc) is 2.85. The van der Waals surface area contributed by atoms with Crippen LogP contribution in [-0.2, 0) is 17.8 Å². The summed E-state index contributed by atoms with van der Waals surface area (Å²) in [5.41, 5.74) is 1.14. The van der Waals surface area contributed by atoms with E-state index in [0.717, 1.165) is 17.5 Å². The van der Waals surface area contributed by atoms with Crippen LogP contribution in [0.5, 0.6) is 5.75 Å². The molecule has 130 valence electrons. The Morgan fingerprint density at radius 1 is 1.04 bits per heavy atom. The Bertz CT molecular complexity index is 776. The van der Waals surface area contributed by atoms with Crippen LogP contribution in [0.3, 0.4) is 0 Å². The largest absolute Gasteiger partial charge is 0.497 e. The maximum atomic E-state index is 12.8. The van der Waals surface area contributed by atoms with Gasteiger partial charge in [0, 0.05) is 0 Å². The predicted octanol–water partition coefficient (Wildman–Crippen LogP) is 3.14. The van der Waals surface area contributed by atoms with E-state index in [1.165, 1.54) is 4.90 Å². The number of carbonyl (C=O) groups excluding carboxylic acids is 2. The van der Waals surface area contributed by atoms with Crippen molar-refractivity contribution in [3.63, 3.8) is 0 Å². The molecule has 0 radical (unpaired) electrons. The quantitative estimate of drug-likeness (QED) is 0.823. The number of nitrogens with zero attached hydrogens (tertiary/aromatic N) is 1. The lowest BCUT2D eigenvalue weighted by Crippen LogP contribution is -2.44. The van der Waals surface area contributed by atoms with Gasteiger partial charge in [0.1, 0.15) is 11.3 Å². The van der Waals surface area contributed by atoms with Crippen molar-refractivity contribution in [3.8, 4) is 5.75 Å². The number of urea groups is 1. The Hall–Kier alpha value is -2.82. The molecule has 5 nitrogen and oxygen atoms in total. The topological polar surface area (TPSA) is 58.6 Å². The van der Waals surface area contributed by atoms with E-state index in [1.54, 1.807) is 14.0 Å². The molecule has 0 saturated carbocycles. The number of methoxy groups -OCH3 is 1. The minimum absolute atomic E-state index is 0.184. The lowest BCUT2D eigenvalue weighted by molar-refractivity contribution is -0.131. The number of imide groups is 1. The van der Waals surface area contributed by atoms with Crippen molar-refractivity contribution in [1.29, 1.82) is 0 Å². The van der Waals surface area contributed by atoms with E-state index >= 15 is 0 Å². The number of aryl methyl sites for hydroxylation is 1. The van der Waals surface area contributed by atoms with E-state index in [-0.39, 0.29) is 18.5 Å². The van der Waals surface area contributed by atoms with Gasteiger partial charge in [-0.05, 0) is 43.0 Å². The van der Waals surface area contributed by atoms with Crippen LogP contribution in [0.2, 0.25) is 0 Å². The van der Waals surface area contributed by atoms with E-state index in [9.17, 15) is 9.59 Å². The number of benzene rings is 2. The standard InChI is InChI=1S/C20H22N2O3/c1-20(12-11-15-7-4-3-5-8-15)18(23)22(19(24)21-20)14-16-9-6-10-17(13-16)25-2/h3-10,13H,11-12,14H2,1-2H3,(H,21,24). The number of nitrogens with one attached hydrogen (secondary N) is 1. The van der Waals surface area contributed by atoms with Gasteiger partial charge in [-0.2, -0.15) is 0 Å². The van der Waals surface area contributed by atoms with E-state index in [0.29, 0.717) is 12.2 Å². The van der Waals surface area contributed by atoms with Crippen LogP contribution in [-0.4, -0.2) is 29.5 Å². The molecule has 1 aliphatic heterocycles. The average molecular weight is 338 g/mol. The van der Waals surface area contributed by atoms with Crippen molar-refractivity contribution in [2.45, 2.75) is 31.8 Å². The van der Waals surface area contributed by atoms with E-state index in [4.69, 9.17) is 4.74 Å². The smallest absolute Gasteiger partial charge is 0.325 e. The number of amides is 3. The fourth-order valence-corrected chi connectivity index (χ4v) is 3.05. The first-order valence-electron chi connectivity index (χ1n) is 8.33. The van der Waals surface area contributed by atoms with Crippen LogP contribution in [0.4, 0.5) is 4.79 Å². The Balaban J connectivity index is 1.70. The summed E-state index contributed by atoms with van der Waals surface area (Å²) >= 11 is 0. The Morgan fingerprint density at radius 2 is 1.76 bits per heavy atom. The third-order valence-electron chi connectivity index (χ3n) is 4.58. The zero-order valence-corrected chi connectivity index (χ0v) is 14.5. The SMILES string of the molecule is COc1cccc(CN2C(=O)NC(C)(CCc3ccccc3)C2=O)c1. The fourth-order valence-electron chi connectivity index (χ4n) is 3.05. The molecule has 1 fully saturated rings. The summed E-state index contributed by atoms with van der Waals surface area (Å²) in [5, 5.41) is 2.86. The molecule has 5 heteroatoms. The van der Waals surface area contributed by atoms with Gasteiger partial charge in [0.2, 0.25) is 0 Å². The first kappa shape index (κ1) is 17.0. The molecule has 0 aromatic heterocycles. The van der Waals surface area contributed by atoms with Gasteiger partial charge < -0.3 is 10.1 Å². The normalized spacial score (nSPS) is 19.8. The van der Waals surface area contributed by atoms with E-state index < -0.39 is 5.54 Å². The van der Waals surface area contributed by atoms with Gasteiger partial charge in [0.25, 0.3) is 5.91 Å². The molecule has 0 spiro atoms. The molecular weight excluding hydrogens is 316 g/mol. The highest BCUT2D eigenvalue weighted by Crippen LogP contribution is 2.25.